The second-order valence-electron chi connectivity index (χ2n) is 5.06. The fourth-order valence-corrected chi connectivity index (χ4v) is 3.37. The van der Waals surface area contributed by atoms with Gasteiger partial charge in [-0.25, -0.2) is 0 Å². The van der Waals surface area contributed by atoms with Crippen molar-refractivity contribution in [3.05, 3.63) is 41.6 Å². The Morgan fingerprint density at radius 3 is 2.81 bits per heavy atom. The van der Waals surface area contributed by atoms with Gasteiger partial charge < -0.3 is 4.74 Å². The van der Waals surface area contributed by atoms with Gasteiger partial charge in [-0.15, -0.1) is 0 Å². The molecule has 5 heteroatoms. The Morgan fingerprint density at radius 2 is 2.10 bits per heavy atom. The Morgan fingerprint density at radius 1 is 1.38 bits per heavy atom. The van der Waals surface area contributed by atoms with Crippen LogP contribution in [0, 0.1) is 6.92 Å². The lowest BCUT2D eigenvalue weighted by atomic mass is 10.1. The molecule has 1 aromatic heterocycles. The summed E-state index contributed by atoms with van der Waals surface area (Å²) in [4.78, 5) is 15.8. The first-order valence-corrected chi connectivity index (χ1v) is 8.18. The summed E-state index contributed by atoms with van der Waals surface area (Å²) in [6, 6.07) is 9.79. The standard InChI is InChI=1S/C16H19NO3S/c1-11-8-13(14-6-4-5-7-15(14)17-11)10-21(19)12(2)9-16(18)20-3/h4-8,12H,9-10H2,1-3H3. The predicted molar refractivity (Wildman–Crippen MR) is 84.4 cm³/mol. The number of pyridine rings is 1. The number of nitrogens with zero attached hydrogens (tertiary/aromatic N) is 1. The molecule has 2 rings (SSSR count). The van der Waals surface area contributed by atoms with Crippen molar-refractivity contribution < 1.29 is 13.7 Å². The molecule has 112 valence electrons. The van der Waals surface area contributed by atoms with Crippen molar-refractivity contribution in [2.75, 3.05) is 7.11 Å². The summed E-state index contributed by atoms with van der Waals surface area (Å²) in [7, 11) is 0.214. The Labute approximate surface area is 127 Å². The first kappa shape index (κ1) is 15.6. The molecule has 0 fully saturated rings. The molecule has 2 unspecified atom stereocenters. The van der Waals surface area contributed by atoms with Crippen LogP contribution in [0.4, 0.5) is 0 Å². The van der Waals surface area contributed by atoms with Crippen LogP contribution in [0.25, 0.3) is 10.9 Å². The van der Waals surface area contributed by atoms with Crippen LogP contribution >= 0.6 is 0 Å². The highest BCUT2D eigenvalue weighted by Gasteiger charge is 2.17. The van der Waals surface area contributed by atoms with Crippen LogP contribution in [0.2, 0.25) is 0 Å². The number of carbonyl (C=O) groups is 1. The molecule has 0 aliphatic carbocycles. The fourth-order valence-electron chi connectivity index (χ4n) is 2.22. The Hall–Kier alpha value is -1.75. The van der Waals surface area contributed by atoms with Gasteiger partial charge in [-0.1, -0.05) is 25.1 Å². The number of carbonyl (C=O) groups excluding carboxylic acids is 1. The van der Waals surface area contributed by atoms with Crippen molar-refractivity contribution in [3.63, 3.8) is 0 Å². The highest BCUT2D eigenvalue weighted by atomic mass is 32.2. The molecule has 2 aromatic rings. The average Bonchev–Trinajstić information content (AvgIpc) is 2.46. The van der Waals surface area contributed by atoms with E-state index in [1.807, 2.05) is 44.2 Å². The molecule has 0 saturated carbocycles. The molecular weight excluding hydrogens is 286 g/mol. The molecule has 2 atom stereocenters. The maximum Gasteiger partial charge on any atom is 0.306 e. The molecule has 0 aliphatic rings. The fraction of sp³-hybridized carbons (Fsp3) is 0.375. The lowest BCUT2D eigenvalue weighted by molar-refractivity contribution is -0.140. The Kier molecular flexibility index (Phi) is 5.07. The molecule has 0 aliphatic heterocycles. The van der Waals surface area contributed by atoms with E-state index in [9.17, 15) is 9.00 Å². The van der Waals surface area contributed by atoms with Crippen molar-refractivity contribution in [2.24, 2.45) is 0 Å². The molecule has 0 N–H and O–H groups in total. The number of hydrogen-bond acceptors (Lipinski definition) is 4. The SMILES string of the molecule is COC(=O)CC(C)S(=O)Cc1cc(C)nc2ccccc12. The normalized spacial score (nSPS) is 13.9. The second-order valence-corrected chi connectivity index (χ2v) is 6.91. The van der Waals surface area contributed by atoms with E-state index in [0.717, 1.165) is 22.2 Å². The summed E-state index contributed by atoms with van der Waals surface area (Å²) < 4.78 is 17.0. The van der Waals surface area contributed by atoms with E-state index in [2.05, 4.69) is 9.72 Å². The number of ether oxygens (including phenoxy) is 1. The first-order chi connectivity index (χ1) is 10.0. The van der Waals surface area contributed by atoms with Crippen molar-refractivity contribution in [3.8, 4) is 0 Å². The lowest BCUT2D eigenvalue weighted by Crippen LogP contribution is -2.18. The minimum Gasteiger partial charge on any atom is -0.469 e. The van der Waals surface area contributed by atoms with Crippen LogP contribution in [0.15, 0.2) is 30.3 Å². The van der Waals surface area contributed by atoms with E-state index in [1.54, 1.807) is 0 Å². The van der Waals surface area contributed by atoms with E-state index in [4.69, 9.17) is 0 Å². The first-order valence-electron chi connectivity index (χ1n) is 6.80. The van der Waals surface area contributed by atoms with Gasteiger partial charge in [0.2, 0.25) is 0 Å². The second kappa shape index (κ2) is 6.80. The van der Waals surface area contributed by atoms with E-state index >= 15 is 0 Å². The molecular formula is C16H19NO3S. The number of para-hydroxylation sites is 1. The Bertz CT molecular complexity index is 684. The number of aryl methyl sites for hydroxylation is 1. The summed E-state index contributed by atoms with van der Waals surface area (Å²) in [5, 5.41) is 0.784. The lowest BCUT2D eigenvalue weighted by Gasteiger charge is -2.12. The van der Waals surface area contributed by atoms with Crippen LogP contribution < -0.4 is 0 Å². The van der Waals surface area contributed by atoms with Gasteiger partial charge in [-0.2, -0.15) is 0 Å². The van der Waals surface area contributed by atoms with Crippen molar-refractivity contribution in [1.82, 2.24) is 4.98 Å². The zero-order chi connectivity index (χ0) is 15.4. The minimum atomic E-state index is -1.13. The number of aromatic nitrogens is 1. The van der Waals surface area contributed by atoms with Gasteiger partial charge in [0.05, 0.1) is 19.0 Å². The zero-order valence-electron chi connectivity index (χ0n) is 12.5. The number of benzene rings is 1. The highest BCUT2D eigenvalue weighted by molar-refractivity contribution is 7.84. The summed E-state index contributed by atoms with van der Waals surface area (Å²) in [6.45, 7) is 3.74. The van der Waals surface area contributed by atoms with Crippen LogP contribution in [-0.2, 0) is 26.1 Å². The van der Waals surface area contributed by atoms with E-state index in [-0.39, 0.29) is 17.6 Å². The maximum absolute atomic E-state index is 12.4. The quantitative estimate of drug-likeness (QED) is 0.797. The molecule has 0 amide bonds. The third-order valence-corrected chi connectivity index (χ3v) is 5.02. The van der Waals surface area contributed by atoms with Gasteiger partial charge in [0, 0.05) is 32.9 Å². The average molecular weight is 305 g/mol. The van der Waals surface area contributed by atoms with E-state index in [0.29, 0.717) is 5.75 Å². The molecule has 0 saturated heterocycles. The van der Waals surface area contributed by atoms with Gasteiger partial charge in [-0.3, -0.25) is 14.0 Å². The zero-order valence-corrected chi connectivity index (χ0v) is 13.3. The highest BCUT2D eigenvalue weighted by Crippen LogP contribution is 2.21. The molecule has 1 heterocycles. The third kappa shape index (κ3) is 3.88. The third-order valence-electron chi connectivity index (χ3n) is 3.36. The minimum absolute atomic E-state index is 0.172. The molecule has 1 aromatic carbocycles. The van der Waals surface area contributed by atoms with Crippen molar-refractivity contribution >= 4 is 27.7 Å². The van der Waals surface area contributed by atoms with E-state index < -0.39 is 10.8 Å². The van der Waals surface area contributed by atoms with Crippen molar-refractivity contribution in [1.29, 1.82) is 0 Å². The predicted octanol–water partition coefficient (Wildman–Crippen LogP) is 2.74. The molecule has 0 spiro atoms. The van der Waals surface area contributed by atoms with Crippen LogP contribution in [0.3, 0.4) is 0 Å². The largest absolute Gasteiger partial charge is 0.469 e. The van der Waals surface area contributed by atoms with E-state index in [1.165, 1.54) is 7.11 Å². The summed E-state index contributed by atoms with van der Waals surface area (Å²) in [5.74, 6) is 0.0915. The summed E-state index contributed by atoms with van der Waals surface area (Å²) in [6.07, 6.45) is 0.172. The number of fused-ring (bicyclic) bond motifs is 1. The van der Waals surface area contributed by atoms with Gasteiger partial charge in [0.15, 0.2) is 0 Å². The molecule has 4 nitrogen and oxygen atoms in total. The monoisotopic (exact) mass is 305 g/mol. The van der Waals surface area contributed by atoms with Crippen molar-refractivity contribution in [2.45, 2.75) is 31.3 Å². The molecule has 0 radical (unpaired) electrons. The van der Waals surface area contributed by atoms with Gasteiger partial charge >= 0.3 is 5.97 Å². The van der Waals surface area contributed by atoms with Crippen LogP contribution in [0.1, 0.15) is 24.6 Å². The van der Waals surface area contributed by atoms with Crippen LogP contribution in [0.5, 0.6) is 0 Å². The number of rotatable bonds is 5. The number of esters is 1. The van der Waals surface area contributed by atoms with Gasteiger partial charge in [0.25, 0.3) is 0 Å². The smallest absolute Gasteiger partial charge is 0.306 e. The summed E-state index contributed by atoms with van der Waals surface area (Å²) >= 11 is 0. The van der Waals surface area contributed by atoms with Crippen LogP contribution in [-0.4, -0.2) is 27.5 Å². The maximum atomic E-state index is 12.4. The number of methoxy groups -OCH3 is 1. The molecule has 0 bridgehead atoms. The Balaban J connectivity index is 2.23. The molecule has 21 heavy (non-hydrogen) atoms. The number of hydrogen-bond donors (Lipinski definition) is 0. The van der Waals surface area contributed by atoms with Gasteiger partial charge in [-0.05, 0) is 24.6 Å². The summed E-state index contributed by atoms with van der Waals surface area (Å²) in [5.41, 5.74) is 2.82. The van der Waals surface area contributed by atoms with Gasteiger partial charge in [0.1, 0.15) is 0 Å². The topological polar surface area (TPSA) is 56.3 Å².